The molecule has 31 heavy (non-hydrogen) atoms. The van der Waals surface area contributed by atoms with E-state index >= 15 is 0 Å². The molecule has 0 aliphatic heterocycles. The normalized spacial score (nSPS) is 11.3. The molecule has 0 aliphatic rings. The van der Waals surface area contributed by atoms with Gasteiger partial charge in [0, 0.05) is 12.1 Å². The Morgan fingerprint density at radius 2 is 1.87 bits per heavy atom. The lowest BCUT2D eigenvalue weighted by molar-refractivity contribution is 0.0985. The number of aromatic nitrogens is 1. The van der Waals surface area contributed by atoms with Gasteiger partial charge in [0.05, 0.1) is 16.8 Å². The Morgan fingerprint density at radius 1 is 1.06 bits per heavy atom. The molecule has 166 valence electrons. The van der Waals surface area contributed by atoms with Gasteiger partial charge < -0.3 is 9.64 Å². The zero-order valence-electron chi connectivity index (χ0n) is 19.1. The molecule has 3 rings (SSSR count). The Morgan fingerprint density at radius 3 is 2.61 bits per heavy atom. The second-order valence-corrected chi connectivity index (χ2v) is 9.12. The van der Waals surface area contributed by atoms with E-state index in [1.807, 2.05) is 49.3 Å². The molecule has 1 amide bonds. The number of thiazole rings is 1. The summed E-state index contributed by atoms with van der Waals surface area (Å²) < 4.78 is 6.98. The summed E-state index contributed by atoms with van der Waals surface area (Å²) in [6.45, 7) is 6.44. The maximum atomic E-state index is 13.5. The quantitative estimate of drug-likeness (QED) is 0.356. The van der Waals surface area contributed by atoms with Crippen molar-refractivity contribution in [2.45, 2.75) is 39.5 Å². The standard InChI is InChI=1S/C25H33N3O2S/c1-5-6-7-17-30-21-13-9-12-20(18-21)24(29)28(16-10-15-27(3)4)25-26-23-19(2)11-8-14-22(23)31-25/h8-9,11-14,18H,5-7,10,15-17H2,1-4H3. The van der Waals surface area contributed by atoms with Crippen LogP contribution in [0.3, 0.4) is 0 Å². The fourth-order valence-electron chi connectivity index (χ4n) is 3.44. The molecule has 6 heteroatoms. The van der Waals surface area contributed by atoms with E-state index in [9.17, 15) is 4.79 Å². The molecule has 0 bridgehead atoms. The molecule has 0 saturated carbocycles. The molecule has 3 aromatic rings. The number of nitrogens with zero attached hydrogens (tertiary/aromatic N) is 3. The zero-order chi connectivity index (χ0) is 22.2. The van der Waals surface area contributed by atoms with Crippen LogP contribution in [0.25, 0.3) is 10.2 Å². The third-order valence-electron chi connectivity index (χ3n) is 5.17. The lowest BCUT2D eigenvalue weighted by atomic mass is 10.2. The molecule has 1 heterocycles. The molecular formula is C25H33N3O2S. The smallest absolute Gasteiger partial charge is 0.260 e. The summed E-state index contributed by atoms with van der Waals surface area (Å²) in [6, 6.07) is 13.7. The maximum Gasteiger partial charge on any atom is 0.260 e. The van der Waals surface area contributed by atoms with Crippen LogP contribution < -0.4 is 9.64 Å². The third-order valence-corrected chi connectivity index (χ3v) is 6.21. The van der Waals surface area contributed by atoms with Gasteiger partial charge in [-0.15, -0.1) is 0 Å². The number of anilines is 1. The van der Waals surface area contributed by atoms with Gasteiger partial charge in [0.2, 0.25) is 0 Å². The van der Waals surface area contributed by atoms with Crippen molar-refractivity contribution in [2.24, 2.45) is 0 Å². The maximum absolute atomic E-state index is 13.5. The van der Waals surface area contributed by atoms with Gasteiger partial charge >= 0.3 is 0 Å². The molecule has 0 fully saturated rings. The summed E-state index contributed by atoms with van der Waals surface area (Å²) in [4.78, 5) is 22.3. The molecule has 2 aromatic carbocycles. The van der Waals surface area contributed by atoms with Crippen LogP contribution in [0.1, 0.15) is 48.5 Å². The fraction of sp³-hybridized carbons (Fsp3) is 0.440. The molecule has 5 nitrogen and oxygen atoms in total. The van der Waals surface area contributed by atoms with Crippen molar-refractivity contribution in [2.75, 3.05) is 38.7 Å². The highest BCUT2D eigenvalue weighted by atomic mass is 32.1. The number of amides is 1. The minimum atomic E-state index is -0.0329. The highest BCUT2D eigenvalue weighted by Crippen LogP contribution is 2.31. The number of carbonyl (C=O) groups is 1. The van der Waals surface area contributed by atoms with Crippen LogP contribution in [0.15, 0.2) is 42.5 Å². The summed E-state index contributed by atoms with van der Waals surface area (Å²) in [5.74, 6) is 0.713. The van der Waals surface area contributed by atoms with E-state index in [-0.39, 0.29) is 5.91 Å². The van der Waals surface area contributed by atoms with Crippen molar-refractivity contribution < 1.29 is 9.53 Å². The summed E-state index contributed by atoms with van der Waals surface area (Å²) in [6.07, 6.45) is 4.21. The van der Waals surface area contributed by atoms with Gasteiger partial charge in [-0.05, 0) is 70.2 Å². The number of para-hydroxylation sites is 1. The van der Waals surface area contributed by atoms with Crippen molar-refractivity contribution in [1.29, 1.82) is 0 Å². The lowest BCUT2D eigenvalue weighted by Crippen LogP contribution is -2.33. The molecule has 0 saturated heterocycles. The SMILES string of the molecule is CCCCCOc1cccc(C(=O)N(CCCN(C)C)c2nc3c(C)cccc3s2)c1. The monoisotopic (exact) mass is 439 g/mol. The first-order valence-electron chi connectivity index (χ1n) is 11.0. The van der Waals surface area contributed by atoms with Crippen LogP contribution in [0.4, 0.5) is 5.13 Å². The van der Waals surface area contributed by atoms with E-state index in [0.717, 1.165) is 58.9 Å². The number of hydrogen-bond donors (Lipinski definition) is 0. The van der Waals surface area contributed by atoms with Crippen molar-refractivity contribution in [1.82, 2.24) is 9.88 Å². The minimum absolute atomic E-state index is 0.0329. The highest BCUT2D eigenvalue weighted by molar-refractivity contribution is 7.22. The number of benzene rings is 2. The van der Waals surface area contributed by atoms with Crippen LogP contribution in [-0.2, 0) is 0 Å². The van der Waals surface area contributed by atoms with Gasteiger partial charge in [0.15, 0.2) is 5.13 Å². The van der Waals surface area contributed by atoms with Crippen molar-refractivity contribution in [3.05, 3.63) is 53.6 Å². The lowest BCUT2D eigenvalue weighted by Gasteiger charge is -2.21. The van der Waals surface area contributed by atoms with E-state index < -0.39 is 0 Å². The number of ether oxygens (including phenoxy) is 1. The molecule has 0 unspecified atom stereocenters. The van der Waals surface area contributed by atoms with E-state index in [4.69, 9.17) is 9.72 Å². The van der Waals surface area contributed by atoms with E-state index in [1.165, 1.54) is 0 Å². The Labute approximate surface area is 189 Å². The summed E-state index contributed by atoms with van der Waals surface area (Å²) in [5.41, 5.74) is 2.73. The predicted molar refractivity (Wildman–Crippen MR) is 131 cm³/mol. The molecule has 0 atom stereocenters. The van der Waals surface area contributed by atoms with Crippen LogP contribution in [0, 0.1) is 6.92 Å². The number of fused-ring (bicyclic) bond motifs is 1. The molecule has 0 aliphatic carbocycles. The highest BCUT2D eigenvalue weighted by Gasteiger charge is 2.22. The van der Waals surface area contributed by atoms with Gasteiger partial charge in [0.1, 0.15) is 5.75 Å². The first-order chi connectivity index (χ1) is 15.0. The van der Waals surface area contributed by atoms with Crippen LogP contribution >= 0.6 is 11.3 Å². The first kappa shape index (κ1) is 23.2. The minimum Gasteiger partial charge on any atom is -0.494 e. The topological polar surface area (TPSA) is 45.7 Å². The first-order valence-corrected chi connectivity index (χ1v) is 11.9. The Kier molecular flexibility index (Phi) is 8.43. The van der Waals surface area contributed by atoms with Gasteiger partial charge in [-0.3, -0.25) is 9.69 Å². The second kappa shape index (κ2) is 11.3. The molecule has 0 radical (unpaired) electrons. The fourth-order valence-corrected chi connectivity index (χ4v) is 4.50. The molecule has 0 spiro atoms. The van der Waals surface area contributed by atoms with Gasteiger partial charge in [-0.1, -0.05) is 49.3 Å². The van der Waals surface area contributed by atoms with Gasteiger partial charge in [-0.2, -0.15) is 0 Å². The number of unbranched alkanes of at least 4 members (excludes halogenated alkanes) is 2. The van der Waals surface area contributed by atoms with Crippen LogP contribution in [0.5, 0.6) is 5.75 Å². The number of aryl methyl sites for hydroxylation is 1. The van der Waals surface area contributed by atoms with Crippen molar-refractivity contribution in [3.63, 3.8) is 0 Å². The van der Waals surface area contributed by atoms with Crippen LogP contribution in [-0.4, -0.2) is 49.6 Å². The van der Waals surface area contributed by atoms with Crippen molar-refractivity contribution in [3.8, 4) is 5.75 Å². The average Bonchev–Trinajstić information content (AvgIpc) is 3.19. The molecule has 1 aromatic heterocycles. The average molecular weight is 440 g/mol. The van der Waals surface area contributed by atoms with Gasteiger partial charge in [-0.25, -0.2) is 4.98 Å². The zero-order valence-corrected chi connectivity index (χ0v) is 19.9. The Hall–Kier alpha value is -2.44. The summed E-state index contributed by atoms with van der Waals surface area (Å²) in [5, 5.41) is 0.752. The van der Waals surface area contributed by atoms with E-state index in [2.05, 4.69) is 30.9 Å². The largest absolute Gasteiger partial charge is 0.494 e. The van der Waals surface area contributed by atoms with Crippen LogP contribution in [0.2, 0.25) is 0 Å². The van der Waals surface area contributed by atoms with Crippen molar-refractivity contribution >= 4 is 32.6 Å². The summed E-state index contributed by atoms with van der Waals surface area (Å²) in [7, 11) is 4.10. The van der Waals surface area contributed by atoms with E-state index in [0.29, 0.717) is 18.7 Å². The number of carbonyl (C=O) groups excluding carboxylic acids is 1. The number of hydrogen-bond acceptors (Lipinski definition) is 5. The Balaban J connectivity index is 1.84. The van der Waals surface area contributed by atoms with E-state index in [1.54, 1.807) is 11.3 Å². The molecule has 0 N–H and O–H groups in total. The molecular weight excluding hydrogens is 406 g/mol. The Bertz CT molecular complexity index is 999. The van der Waals surface area contributed by atoms with Gasteiger partial charge in [0.25, 0.3) is 5.91 Å². The second-order valence-electron chi connectivity index (χ2n) is 8.12. The number of rotatable bonds is 11. The summed E-state index contributed by atoms with van der Waals surface area (Å²) >= 11 is 1.57. The predicted octanol–water partition coefficient (Wildman–Crippen LogP) is 5.77. The third kappa shape index (κ3) is 6.28.